The Kier molecular flexibility index (Phi) is 7.11. The number of hydrogen-bond acceptors (Lipinski definition) is 4. The van der Waals surface area contributed by atoms with E-state index in [0.29, 0.717) is 24.6 Å². The molecule has 1 heterocycles. The molecule has 0 aliphatic heterocycles. The highest BCUT2D eigenvalue weighted by Crippen LogP contribution is 2.33. The highest BCUT2D eigenvalue weighted by atomic mass is 16.5. The minimum Gasteiger partial charge on any atom is -0.488 e. The fourth-order valence-corrected chi connectivity index (χ4v) is 3.01. The van der Waals surface area contributed by atoms with Crippen LogP contribution in [0.1, 0.15) is 40.5 Å². The maximum Gasteiger partial charge on any atom is 0.297 e. The predicted octanol–water partition coefficient (Wildman–Crippen LogP) is 4.68. The van der Waals surface area contributed by atoms with E-state index in [0.717, 1.165) is 23.7 Å². The lowest BCUT2D eigenvalue weighted by Gasteiger charge is -2.16. The molecule has 5 heteroatoms. The number of fused-ring (bicyclic) bond motifs is 1. The van der Waals surface area contributed by atoms with Gasteiger partial charge in [-0.1, -0.05) is 17.2 Å². The van der Waals surface area contributed by atoms with Crippen LogP contribution in [-0.2, 0) is 6.54 Å². The van der Waals surface area contributed by atoms with Crippen molar-refractivity contribution in [1.82, 2.24) is 4.57 Å². The second kappa shape index (κ2) is 9.31. The number of anilines is 1. The van der Waals surface area contributed by atoms with Crippen LogP contribution in [0.25, 0.3) is 10.9 Å². The first-order valence-electron chi connectivity index (χ1n) is 9.30. The number of hydrogen-bond donors (Lipinski definition) is 1. The lowest BCUT2D eigenvalue weighted by molar-refractivity contribution is 0.324. The Morgan fingerprint density at radius 1 is 1.19 bits per heavy atom. The zero-order valence-corrected chi connectivity index (χ0v) is 17.0. The number of rotatable bonds is 8. The number of nitrogens with two attached hydrogens (primary N) is 1. The summed E-state index contributed by atoms with van der Waals surface area (Å²) in [6.07, 6.45) is 6.28. The van der Waals surface area contributed by atoms with E-state index >= 15 is 0 Å². The van der Waals surface area contributed by atoms with Gasteiger partial charge in [0.1, 0.15) is 6.61 Å². The van der Waals surface area contributed by atoms with Crippen LogP contribution >= 0.6 is 0 Å². The van der Waals surface area contributed by atoms with Gasteiger partial charge in [-0.15, -0.1) is 0 Å². The zero-order valence-electron chi connectivity index (χ0n) is 17.0. The van der Waals surface area contributed by atoms with Gasteiger partial charge in [0.15, 0.2) is 5.75 Å². The summed E-state index contributed by atoms with van der Waals surface area (Å²) in [4.78, 5) is 12.8. The van der Waals surface area contributed by atoms with Crippen molar-refractivity contribution in [3.8, 4) is 11.5 Å². The highest BCUT2D eigenvalue weighted by molar-refractivity contribution is 5.90. The van der Waals surface area contributed by atoms with Crippen molar-refractivity contribution < 1.29 is 9.47 Å². The summed E-state index contributed by atoms with van der Waals surface area (Å²) in [7, 11) is 1.49. The molecule has 5 nitrogen and oxygen atoms in total. The molecular formula is C22H30N2O3. The van der Waals surface area contributed by atoms with Gasteiger partial charge in [0.2, 0.25) is 5.75 Å². The fraction of sp³-hybridized carbons (Fsp3) is 0.409. The molecular weight excluding hydrogens is 340 g/mol. The molecule has 0 unspecified atom stereocenters. The molecule has 1 aromatic carbocycles. The number of ether oxygens (including phenoxy) is 2. The third-order valence-corrected chi connectivity index (χ3v) is 4.47. The minimum absolute atomic E-state index is 0.211. The summed E-state index contributed by atoms with van der Waals surface area (Å²) in [6, 6.07) is 5.48. The number of aryl methyl sites for hydroxylation is 1. The van der Waals surface area contributed by atoms with Gasteiger partial charge in [0, 0.05) is 17.6 Å². The van der Waals surface area contributed by atoms with E-state index in [1.54, 1.807) is 16.7 Å². The molecule has 0 spiro atoms. The Morgan fingerprint density at radius 2 is 1.93 bits per heavy atom. The predicted molar refractivity (Wildman–Crippen MR) is 113 cm³/mol. The molecule has 0 saturated carbocycles. The monoisotopic (exact) mass is 370 g/mol. The number of allylic oxidation sites excluding steroid dienone is 3. The van der Waals surface area contributed by atoms with Crippen molar-refractivity contribution in [1.29, 1.82) is 0 Å². The number of nitrogens with zero attached hydrogens (tertiary/aromatic N) is 1. The molecule has 0 aliphatic carbocycles. The van der Waals surface area contributed by atoms with Gasteiger partial charge in [-0.2, -0.15) is 0 Å². The van der Waals surface area contributed by atoms with Gasteiger partial charge in [0.05, 0.1) is 12.6 Å². The lowest BCUT2D eigenvalue weighted by atomic mass is 10.1. The van der Waals surface area contributed by atoms with Crippen molar-refractivity contribution in [2.24, 2.45) is 0 Å². The Hall–Kier alpha value is -2.69. The third-order valence-electron chi connectivity index (χ3n) is 4.47. The Balaban J connectivity index is 2.35. The summed E-state index contributed by atoms with van der Waals surface area (Å²) < 4.78 is 13.0. The Labute approximate surface area is 161 Å². The molecule has 0 amide bonds. The Bertz CT molecular complexity index is 919. The summed E-state index contributed by atoms with van der Waals surface area (Å²) in [5.41, 5.74) is 9.65. The topological polar surface area (TPSA) is 66.5 Å². The summed E-state index contributed by atoms with van der Waals surface area (Å²) in [5.74, 6) is 0.695. The first-order valence-corrected chi connectivity index (χ1v) is 9.30. The molecule has 0 saturated heterocycles. The van der Waals surface area contributed by atoms with Gasteiger partial charge in [-0.25, -0.2) is 0 Å². The van der Waals surface area contributed by atoms with Gasteiger partial charge in [-0.05, 0) is 64.8 Å². The molecule has 0 radical (unpaired) electrons. The average molecular weight is 370 g/mol. The molecule has 2 N–H and O–H groups in total. The molecule has 1 aromatic heterocycles. The van der Waals surface area contributed by atoms with Crippen LogP contribution in [0.5, 0.6) is 11.5 Å². The summed E-state index contributed by atoms with van der Waals surface area (Å²) >= 11 is 0. The largest absolute Gasteiger partial charge is 0.488 e. The number of pyridine rings is 1. The normalized spacial score (nSPS) is 11.5. The fourth-order valence-electron chi connectivity index (χ4n) is 3.01. The van der Waals surface area contributed by atoms with Crippen LogP contribution in [0.15, 0.2) is 46.3 Å². The SMILES string of the molecule is CCn1c(=O)c(OC)c(OC/C=C(\C)CCC=C(C)C)c2ccc(N)cc21. The number of methoxy groups -OCH3 is 1. The van der Waals surface area contributed by atoms with Crippen molar-refractivity contribution in [2.75, 3.05) is 19.5 Å². The highest BCUT2D eigenvalue weighted by Gasteiger charge is 2.18. The van der Waals surface area contributed by atoms with E-state index in [-0.39, 0.29) is 11.3 Å². The third kappa shape index (κ3) is 4.94. The van der Waals surface area contributed by atoms with Crippen molar-refractivity contribution in [2.45, 2.75) is 47.1 Å². The first-order chi connectivity index (χ1) is 12.9. The van der Waals surface area contributed by atoms with Crippen molar-refractivity contribution in [3.63, 3.8) is 0 Å². The van der Waals surface area contributed by atoms with Crippen LogP contribution in [-0.4, -0.2) is 18.3 Å². The van der Waals surface area contributed by atoms with Gasteiger partial charge >= 0.3 is 0 Å². The standard InChI is InChI=1S/C22H30N2O3/c1-6-24-19-14-17(23)10-11-18(19)20(21(26-5)22(24)25)27-13-12-16(4)9-7-8-15(2)3/h8,10-12,14H,6-7,9,13,23H2,1-5H3/b16-12+. The maximum atomic E-state index is 12.8. The van der Waals surface area contributed by atoms with Gasteiger partial charge in [0.25, 0.3) is 5.56 Å². The number of nitrogen functional groups attached to an aromatic ring is 1. The van der Waals surface area contributed by atoms with E-state index in [1.807, 2.05) is 19.1 Å². The van der Waals surface area contributed by atoms with E-state index in [4.69, 9.17) is 15.2 Å². The second-order valence-corrected chi connectivity index (χ2v) is 6.87. The zero-order chi connectivity index (χ0) is 20.0. The van der Waals surface area contributed by atoms with Gasteiger partial charge in [-0.3, -0.25) is 4.79 Å². The molecule has 27 heavy (non-hydrogen) atoms. The van der Waals surface area contributed by atoms with Crippen LogP contribution in [0.4, 0.5) is 5.69 Å². The van der Waals surface area contributed by atoms with Crippen molar-refractivity contribution in [3.05, 3.63) is 51.9 Å². The molecule has 146 valence electrons. The van der Waals surface area contributed by atoms with Crippen LogP contribution in [0.3, 0.4) is 0 Å². The molecule has 0 atom stereocenters. The molecule has 0 bridgehead atoms. The smallest absolute Gasteiger partial charge is 0.297 e. The van der Waals surface area contributed by atoms with E-state index in [1.165, 1.54) is 18.3 Å². The number of benzene rings is 1. The molecule has 0 fully saturated rings. The van der Waals surface area contributed by atoms with Gasteiger partial charge < -0.3 is 19.8 Å². The maximum absolute atomic E-state index is 12.8. The number of aromatic nitrogens is 1. The van der Waals surface area contributed by atoms with E-state index in [2.05, 4.69) is 26.8 Å². The second-order valence-electron chi connectivity index (χ2n) is 6.87. The molecule has 2 rings (SSSR count). The van der Waals surface area contributed by atoms with Crippen molar-refractivity contribution >= 4 is 16.6 Å². The van der Waals surface area contributed by atoms with Crippen LogP contribution in [0, 0.1) is 0 Å². The molecule has 0 aliphatic rings. The van der Waals surface area contributed by atoms with E-state index in [9.17, 15) is 4.79 Å². The summed E-state index contributed by atoms with van der Waals surface area (Å²) in [5, 5.41) is 0.818. The minimum atomic E-state index is -0.211. The van der Waals surface area contributed by atoms with Crippen LogP contribution < -0.4 is 20.8 Å². The van der Waals surface area contributed by atoms with Crippen LogP contribution in [0.2, 0.25) is 0 Å². The first kappa shape index (κ1) is 20.6. The average Bonchev–Trinajstić information content (AvgIpc) is 2.61. The quantitative estimate of drug-likeness (QED) is 0.541. The molecule has 2 aromatic rings. The lowest BCUT2D eigenvalue weighted by Crippen LogP contribution is -2.22. The van der Waals surface area contributed by atoms with E-state index < -0.39 is 0 Å². The Morgan fingerprint density at radius 3 is 2.56 bits per heavy atom. The summed E-state index contributed by atoms with van der Waals surface area (Å²) in [6.45, 7) is 9.12.